The zero-order valence-electron chi connectivity index (χ0n) is 32.6. The van der Waals surface area contributed by atoms with Crippen molar-refractivity contribution in [1.29, 1.82) is 0 Å². The van der Waals surface area contributed by atoms with Crippen molar-refractivity contribution >= 4 is 11.9 Å². The van der Waals surface area contributed by atoms with Crippen LogP contribution in [0.1, 0.15) is 187 Å². The van der Waals surface area contributed by atoms with E-state index < -0.39 is 0 Å². The van der Waals surface area contributed by atoms with Gasteiger partial charge in [0.25, 0.3) is 0 Å². The van der Waals surface area contributed by atoms with Crippen molar-refractivity contribution in [2.75, 3.05) is 65.8 Å². The van der Waals surface area contributed by atoms with E-state index in [4.69, 9.17) is 24.7 Å². The molecule has 0 aromatic carbocycles. The van der Waals surface area contributed by atoms with E-state index in [1.165, 1.54) is 77.0 Å². The molecular formula is C41H82N2O6. The quantitative estimate of drug-likeness (QED) is 0.0498. The Morgan fingerprint density at radius 1 is 0.408 bits per heavy atom. The Labute approximate surface area is 303 Å². The lowest BCUT2D eigenvalue weighted by atomic mass is 10.1. The first kappa shape index (κ1) is 47.8. The largest absolute Gasteiger partial charge is 0.466 e. The number of hydrogen-bond donors (Lipinski definition) is 1. The molecule has 0 saturated carbocycles. The third-order valence-corrected chi connectivity index (χ3v) is 9.15. The third-order valence-electron chi connectivity index (χ3n) is 9.15. The summed E-state index contributed by atoms with van der Waals surface area (Å²) >= 11 is 0. The summed E-state index contributed by atoms with van der Waals surface area (Å²) in [4.78, 5) is 26.6. The molecule has 0 unspecified atom stereocenters. The molecule has 0 heterocycles. The molecule has 0 aliphatic rings. The summed E-state index contributed by atoms with van der Waals surface area (Å²) in [5.41, 5.74) is 5.52. The number of rotatable bonds is 41. The maximum atomic E-state index is 12.0. The SMILES string of the molecule is CCCCCCCCCCC(=O)OCCCCCCN(CCCCCCOC(=O)CCCCCCCCCC)CCOCCOCCCN. The van der Waals surface area contributed by atoms with Crippen molar-refractivity contribution in [1.82, 2.24) is 4.90 Å². The van der Waals surface area contributed by atoms with E-state index in [0.717, 1.165) is 103 Å². The number of hydrogen-bond acceptors (Lipinski definition) is 8. The second kappa shape index (κ2) is 41.2. The van der Waals surface area contributed by atoms with Gasteiger partial charge in [0.1, 0.15) is 0 Å². The van der Waals surface area contributed by atoms with Crippen LogP contribution in [-0.2, 0) is 28.5 Å². The molecule has 0 amide bonds. The molecule has 0 aliphatic heterocycles. The molecule has 2 N–H and O–H groups in total. The van der Waals surface area contributed by atoms with Gasteiger partial charge in [0.2, 0.25) is 0 Å². The van der Waals surface area contributed by atoms with E-state index in [1.807, 2.05) is 0 Å². The molecule has 0 spiro atoms. The molecule has 0 aliphatic carbocycles. The van der Waals surface area contributed by atoms with Gasteiger partial charge in [0.05, 0.1) is 33.0 Å². The van der Waals surface area contributed by atoms with Gasteiger partial charge in [-0.25, -0.2) is 0 Å². The number of carbonyl (C=O) groups is 2. The number of esters is 2. The van der Waals surface area contributed by atoms with Crippen molar-refractivity contribution in [2.24, 2.45) is 5.73 Å². The normalized spacial score (nSPS) is 11.4. The van der Waals surface area contributed by atoms with Crippen LogP contribution >= 0.6 is 0 Å². The van der Waals surface area contributed by atoms with E-state index in [1.54, 1.807) is 0 Å². The minimum atomic E-state index is -0.0288. The van der Waals surface area contributed by atoms with Crippen LogP contribution in [0, 0.1) is 0 Å². The highest BCUT2D eigenvalue weighted by Gasteiger charge is 2.07. The van der Waals surface area contributed by atoms with Crippen molar-refractivity contribution in [2.45, 2.75) is 187 Å². The summed E-state index contributed by atoms with van der Waals surface area (Å²) in [6.07, 6.45) is 30.5. The molecule has 8 nitrogen and oxygen atoms in total. The van der Waals surface area contributed by atoms with Gasteiger partial charge in [-0.2, -0.15) is 0 Å². The topological polar surface area (TPSA) is 100 Å². The van der Waals surface area contributed by atoms with Crippen molar-refractivity contribution < 1.29 is 28.5 Å². The minimum Gasteiger partial charge on any atom is -0.466 e. The van der Waals surface area contributed by atoms with Gasteiger partial charge in [0.15, 0.2) is 0 Å². The maximum absolute atomic E-state index is 12.0. The number of carbonyl (C=O) groups excluding carboxylic acids is 2. The molecule has 49 heavy (non-hydrogen) atoms. The molecule has 0 fully saturated rings. The summed E-state index contributed by atoms with van der Waals surface area (Å²) in [6.45, 7) is 11.9. The number of nitrogens with zero attached hydrogens (tertiary/aromatic N) is 1. The predicted octanol–water partition coefficient (Wildman–Crippen LogP) is 9.94. The zero-order chi connectivity index (χ0) is 35.7. The first-order valence-corrected chi connectivity index (χ1v) is 21.0. The van der Waals surface area contributed by atoms with Crippen LogP contribution in [0.3, 0.4) is 0 Å². The summed E-state index contributed by atoms with van der Waals surface area (Å²) < 4.78 is 22.3. The standard InChI is InChI=1S/C41H82N2O6/c1-3-5-7-9-11-13-15-21-28-40(44)48-35-25-19-17-23-31-43(33-37-47-39-38-46-34-27-30-42)32-24-18-20-26-36-49-41(45)29-22-16-14-12-10-8-6-4-2/h3-39,42H2,1-2H3. The highest BCUT2D eigenvalue weighted by atomic mass is 16.5. The number of ether oxygens (including phenoxy) is 4. The smallest absolute Gasteiger partial charge is 0.305 e. The molecule has 292 valence electrons. The predicted molar refractivity (Wildman–Crippen MR) is 205 cm³/mol. The van der Waals surface area contributed by atoms with E-state index in [-0.39, 0.29) is 11.9 Å². The molecule has 0 atom stereocenters. The van der Waals surface area contributed by atoms with Crippen LogP contribution in [0.2, 0.25) is 0 Å². The van der Waals surface area contributed by atoms with Gasteiger partial charge in [-0.3, -0.25) is 9.59 Å². The Hall–Kier alpha value is -1.22. The van der Waals surface area contributed by atoms with E-state index in [9.17, 15) is 9.59 Å². The van der Waals surface area contributed by atoms with Gasteiger partial charge >= 0.3 is 11.9 Å². The molecule has 8 heteroatoms. The Morgan fingerprint density at radius 3 is 1.24 bits per heavy atom. The van der Waals surface area contributed by atoms with Gasteiger partial charge in [-0.15, -0.1) is 0 Å². The fourth-order valence-corrected chi connectivity index (χ4v) is 5.94. The Morgan fingerprint density at radius 2 is 0.796 bits per heavy atom. The lowest BCUT2D eigenvalue weighted by Gasteiger charge is -2.22. The lowest BCUT2D eigenvalue weighted by Crippen LogP contribution is -2.30. The Kier molecular flexibility index (Phi) is 40.2. The number of nitrogens with two attached hydrogens (primary N) is 1. The van der Waals surface area contributed by atoms with Gasteiger partial charge in [-0.05, 0) is 64.6 Å². The summed E-state index contributed by atoms with van der Waals surface area (Å²) in [5.74, 6) is -0.0576. The highest BCUT2D eigenvalue weighted by molar-refractivity contribution is 5.69. The number of unbranched alkanes of at least 4 members (excludes halogenated alkanes) is 20. The van der Waals surface area contributed by atoms with Crippen LogP contribution in [-0.4, -0.2) is 82.7 Å². The third kappa shape index (κ3) is 39.4. The second-order valence-corrected chi connectivity index (χ2v) is 13.9. The highest BCUT2D eigenvalue weighted by Crippen LogP contribution is 2.12. The van der Waals surface area contributed by atoms with E-state index in [0.29, 0.717) is 59.0 Å². The summed E-state index contributed by atoms with van der Waals surface area (Å²) in [5, 5.41) is 0. The zero-order valence-corrected chi connectivity index (χ0v) is 32.6. The van der Waals surface area contributed by atoms with Crippen molar-refractivity contribution in [3.63, 3.8) is 0 Å². The Bertz CT molecular complexity index is 634. The first-order chi connectivity index (χ1) is 24.1. The molecule has 0 radical (unpaired) electrons. The molecule has 0 aromatic rings. The fourth-order valence-electron chi connectivity index (χ4n) is 5.94. The van der Waals surface area contributed by atoms with E-state index in [2.05, 4.69) is 18.7 Å². The average Bonchev–Trinajstić information content (AvgIpc) is 3.10. The summed E-state index contributed by atoms with van der Waals surface area (Å²) in [6, 6.07) is 0. The van der Waals surface area contributed by atoms with E-state index >= 15 is 0 Å². The van der Waals surface area contributed by atoms with Crippen molar-refractivity contribution in [3.8, 4) is 0 Å². The molecular weight excluding hydrogens is 616 g/mol. The van der Waals surface area contributed by atoms with Crippen molar-refractivity contribution in [3.05, 3.63) is 0 Å². The minimum absolute atomic E-state index is 0.0288. The van der Waals surface area contributed by atoms with Crippen LogP contribution in [0.5, 0.6) is 0 Å². The van der Waals surface area contributed by atoms with Gasteiger partial charge in [0, 0.05) is 26.0 Å². The average molecular weight is 699 g/mol. The summed E-state index contributed by atoms with van der Waals surface area (Å²) in [7, 11) is 0. The fraction of sp³-hybridized carbons (Fsp3) is 0.951. The van der Waals surface area contributed by atoms with Gasteiger partial charge < -0.3 is 29.6 Å². The molecule has 0 saturated heterocycles. The van der Waals surface area contributed by atoms with Crippen LogP contribution in [0.25, 0.3) is 0 Å². The monoisotopic (exact) mass is 699 g/mol. The molecule has 0 rings (SSSR count). The molecule has 0 aromatic heterocycles. The maximum Gasteiger partial charge on any atom is 0.305 e. The van der Waals surface area contributed by atoms with Crippen LogP contribution in [0.4, 0.5) is 0 Å². The van der Waals surface area contributed by atoms with Crippen LogP contribution < -0.4 is 5.73 Å². The lowest BCUT2D eigenvalue weighted by molar-refractivity contribution is -0.144. The second-order valence-electron chi connectivity index (χ2n) is 13.9. The van der Waals surface area contributed by atoms with Gasteiger partial charge in [-0.1, -0.05) is 129 Å². The first-order valence-electron chi connectivity index (χ1n) is 21.0. The molecule has 0 bridgehead atoms. The van der Waals surface area contributed by atoms with Crippen LogP contribution in [0.15, 0.2) is 0 Å². The Balaban J connectivity index is 3.99.